The summed E-state index contributed by atoms with van der Waals surface area (Å²) in [6, 6.07) is 2.54. The van der Waals surface area contributed by atoms with E-state index in [9.17, 15) is 14.3 Å². The second kappa shape index (κ2) is 6.78. The molecule has 0 saturated carbocycles. The Morgan fingerprint density at radius 1 is 1.38 bits per heavy atom. The summed E-state index contributed by atoms with van der Waals surface area (Å²) in [5.41, 5.74) is 1.68. The number of hydrogen-bond donors (Lipinski definition) is 1. The molecule has 1 aliphatic heterocycles. The predicted molar refractivity (Wildman–Crippen MR) is 86.6 cm³/mol. The Morgan fingerprint density at radius 3 is 2.75 bits per heavy atom. The van der Waals surface area contributed by atoms with Gasteiger partial charge in [0.1, 0.15) is 0 Å². The lowest BCUT2D eigenvalue weighted by molar-refractivity contribution is 0.0328. The van der Waals surface area contributed by atoms with E-state index in [0.717, 1.165) is 18.8 Å². The highest BCUT2D eigenvalue weighted by molar-refractivity contribution is 6.06. The van der Waals surface area contributed by atoms with Crippen molar-refractivity contribution in [3.05, 3.63) is 29.2 Å². The lowest BCUT2D eigenvalue weighted by Gasteiger charge is -2.27. The summed E-state index contributed by atoms with van der Waals surface area (Å²) in [7, 11) is 1.79. The smallest absolute Gasteiger partial charge is 0.340 e. The van der Waals surface area contributed by atoms with E-state index >= 15 is 0 Å². The second-order valence-corrected chi connectivity index (χ2v) is 5.81. The normalized spacial score (nSPS) is 15.8. The fraction of sp³-hybridized carbons (Fsp3) is 0.471. The Labute approximate surface area is 139 Å². The fourth-order valence-electron chi connectivity index (χ4n) is 3.08. The van der Waals surface area contributed by atoms with E-state index in [1.807, 2.05) is 0 Å². The number of aromatic hydroxyl groups is 1. The van der Waals surface area contributed by atoms with E-state index in [1.54, 1.807) is 18.5 Å². The van der Waals surface area contributed by atoms with Crippen molar-refractivity contribution in [2.24, 2.45) is 7.05 Å². The molecule has 24 heavy (non-hydrogen) atoms. The van der Waals surface area contributed by atoms with E-state index in [-0.39, 0.29) is 6.61 Å². The zero-order chi connectivity index (χ0) is 17.3. The van der Waals surface area contributed by atoms with E-state index in [1.165, 1.54) is 12.1 Å². The standard InChI is InChI=1S/C17H21FN2O4/c1-3-24-17(22)16-11-8-15(21)12(18)9-13(11)19(2)14(16)10-20-4-6-23-7-5-20/h8-9,21H,3-7,10H2,1-2H3. The van der Waals surface area contributed by atoms with Gasteiger partial charge in [-0.3, -0.25) is 4.90 Å². The summed E-state index contributed by atoms with van der Waals surface area (Å²) in [5, 5.41) is 10.2. The molecular weight excluding hydrogens is 315 g/mol. The molecule has 1 aliphatic rings. The third-order valence-electron chi connectivity index (χ3n) is 4.35. The van der Waals surface area contributed by atoms with Crippen molar-refractivity contribution in [2.75, 3.05) is 32.9 Å². The van der Waals surface area contributed by atoms with Crippen LogP contribution in [-0.4, -0.2) is 53.5 Å². The van der Waals surface area contributed by atoms with Crippen molar-refractivity contribution in [1.82, 2.24) is 9.47 Å². The van der Waals surface area contributed by atoms with Gasteiger partial charge >= 0.3 is 5.97 Å². The molecule has 6 nitrogen and oxygen atoms in total. The van der Waals surface area contributed by atoms with Crippen molar-refractivity contribution in [3.63, 3.8) is 0 Å². The summed E-state index contributed by atoms with van der Waals surface area (Å²) in [4.78, 5) is 14.7. The number of esters is 1. The summed E-state index contributed by atoms with van der Waals surface area (Å²) in [5.74, 6) is -1.65. The molecule has 1 aromatic carbocycles. The number of fused-ring (bicyclic) bond motifs is 1. The first-order chi connectivity index (χ1) is 11.5. The zero-order valence-corrected chi connectivity index (χ0v) is 13.8. The van der Waals surface area contributed by atoms with Gasteiger partial charge < -0.3 is 19.1 Å². The number of halogens is 1. The van der Waals surface area contributed by atoms with Crippen LogP contribution in [0.15, 0.2) is 12.1 Å². The molecular formula is C17H21FN2O4. The monoisotopic (exact) mass is 336 g/mol. The number of aromatic nitrogens is 1. The van der Waals surface area contributed by atoms with Gasteiger partial charge in [-0.25, -0.2) is 9.18 Å². The molecule has 1 saturated heterocycles. The van der Waals surface area contributed by atoms with Gasteiger partial charge in [-0.05, 0) is 13.0 Å². The molecule has 1 aromatic heterocycles. The quantitative estimate of drug-likeness (QED) is 0.866. The van der Waals surface area contributed by atoms with Gasteiger partial charge in [-0.2, -0.15) is 0 Å². The van der Waals surface area contributed by atoms with Crippen LogP contribution in [0.5, 0.6) is 5.75 Å². The molecule has 0 radical (unpaired) electrons. The molecule has 1 N–H and O–H groups in total. The minimum absolute atomic E-state index is 0.249. The number of hydrogen-bond acceptors (Lipinski definition) is 5. The van der Waals surface area contributed by atoms with E-state index < -0.39 is 17.5 Å². The molecule has 1 fully saturated rings. The van der Waals surface area contributed by atoms with E-state index in [2.05, 4.69) is 4.90 Å². The highest BCUT2D eigenvalue weighted by atomic mass is 19.1. The summed E-state index contributed by atoms with van der Waals surface area (Å²) >= 11 is 0. The SMILES string of the molecule is CCOC(=O)c1c(CN2CCOCC2)n(C)c2cc(F)c(O)cc12. The Bertz CT molecular complexity index is 766. The van der Waals surface area contributed by atoms with E-state index in [0.29, 0.717) is 36.2 Å². The topological polar surface area (TPSA) is 63.9 Å². The number of carbonyl (C=O) groups excluding carboxylic acids is 1. The predicted octanol–water partition coefficient (Wildman–Crippen LogP) is 2.03. The molecule has 3 rings (SSSR count). The van der Waals surface area contributed by atoms with Gasteiger partial charge in [0.05, 0.1) is 30.9 Å². The van der Waals surface area contributed by atoms with Crippen LogP contribution in [0, 0.1) is 5.82 Å². The summed E-state index contributed by atoms with van der Waals surface area (Å²) in [6.45, 7) is 5.35. The maximum Gasteiger partial charge on any atom is 0.340 e. The van der Waals surface area contributed by atoms with Crippen LogP contribution in [0.25, 0.3) is 10.9 Å². The number of phenolic OH excluding ortho intramolecular Hbond substituents is 1. The lowest BCUT2D eigenvalue weighted by Crippen LogP contribution is -2.36. The number of benzene rings is 1. The van der Waals surface area contributed by atoms with Crippen LogP contribution < -0.4 is 0 Å². The number of morpholine rings is 1. The molecule has 0 aliphatic carbocycles. The zero-order valence-electron chi connectivity index (χ0n) is 13.8. The molecule has 0 amide bonds. The van der Waals surface area contributed by atoms with E-state index in [4.69, 9.17) is 9.47 Å². The molecule has 0 spiro atoms. The third-order valence-corrected chi connectivity index (χ3v) is 4.35. The molecule has 2 aromatic rings. The third kappa shape index (κ3) is 2.97. The van der Waals surface area contributed by atoms with Crippen molar-refractivity contribution < 1.29 is 23.8 Å². The Kier molecular flexibility index (Phi) is 4.73. The molecule has 0 unspecified atom stereocenters. The van der Waals surface area contributed by atoms with Gasteiger partial charge in [0.25, 0.3) is 0 Å². The number of carbonyl (C=O) groups is 1. The number of nitrogens with zero attached hydrogens (tertiary/aromatic N) is 2. The number of aryl methyl sites for hydroxylation is 1. The first-order valence-electron chi connectivity index (χ1n) is 8.00. The van der Waals surface area contributed by atoms with Crippen LogP contribution in [0.4, 0.5) is 4.39 Å². The van der Waals surface area contributed by atoms with Crippen molar-refractivity contribution >= 4 is 16.9 Å². The van der Waals surface area contributed by atoms with Crippen molar-refractivity contribution in [2.45, 2.75) is 13.5 Å². The minimum atomic E-state index is -0.712. The van der Waals surface area contributed by atoms with Crippen molar-refractivity contribution in [1.29, 1.82) is 0 Å². The first kappa shape index (κ1) is 16.7. The van der Waals surface area contributed by atoms with Gasteiger partial charge in [0, 0.05) is 43.8 Å². The average molecular weight is 336 g/mol. The lowest BCUT2D eigenvalue weighted by atomic mass is 10.1. The van der Waals surface area contributed by atoms with Gasteiger partial charge in [0.15, 0.2) is 11.6 Å². The Hall–Kier alpha value is -2.12. The minimum Gasteiger partial charge on any atom is -0.505 e. The van der Waals surface area contributed by atoms with Gasteiger partial charge in [-0.15, -0.1) is 0 Å². The number of ether oxygens (including phenoxy) is 2. The number of phenols is 1. The van der Waals surface area contributed by atoms with Crippen LogP contribution in [0.1, 0.15) is 23.0 Å². The number of rotatable bonds is 4. The molecule has 2 heterocycles. The highest BCUT2D eigenvalue weighted by Gasteiger charge is 2.25. The molecule has 0 atom stereocenters. The molecule has 7 heteroatoms. The van der Waals surface area contributed by atoms with Crippen LogP contribution in [0.3, 0.4) is 0 Å². The summed E-state index contributed by atoms with van der Waals surface area (Å²) < 4.78 is 26.1. The van der Waals surface area contributed by atoms with Gasteiger partial charge in [-0.1, -0.05) is 0 Å². The van der Waals surface area contributed by atoms with Crippen LogP contribution in [-0.2, 0) is 23.1 Å². The second-order valence-electron chi connectivity index (χ2n) is 5.81. The summed E-state index contributed by atoms with van der Waals surface area (Å²) in [6.07, 6.45) is 0. The Morgan fingerprint density at radius 2 is 2.08 bits per heavy atom. The fourth-order valence-corrected chi connectivity index (χ4v) is 3.08. The van der Waals surface area contributed by atoms with Gasteiger partial charge in [0.2, 0.25) is 0 Å². The van der Waals surface area contributed by atoms with Crippen molar-refractivity contribution in [3.8, 4) is 5.75 Å². The van der Waals surface area contributed by atoms with Crippen LogP contribution in [0.2, 0.25) is 0 Å². The Balaban J connectivity index is 2.12. The average Bonchev–Trinajstić information content (AvgIpc) is 2.82. The highest BCUT2D eigenvalue weighted by Crippen LogP contribution is 2.32. The largest absolute Gasteiger partial charge is 0.505 e. The maximum atomic E-state index is 13.8. The van der Waals surface area contributed by atoms with Crippen LogP contribution >= 0.6 is 0 Å². The molecule has 0 bridgehead atoms. The first-order valence-corrected chi connectivity index (χ1v) is 8.00. The molecule has 130 valence electrons. The maximum absolute atomic E-state index is 13.8.